The number of hydrogen-bond acceptors (Lipinski definition) is 3. The fourth-order valence-corrected chi connectivity index (χ4v) is 4.54. The quantitative estimate of drug-likeness (QED) is 0.905. The molecule has 0 aromatic carbocycles. The van der Waals surface area contributed by atoms with Crippen molar-refractivity contribution in [1.29, 1.82) is 0 Å². The zero-order valence-corrected chi connectivity index (χ0v) is 12.8. The van der Waals surface area contributed by atoms with Gasteiger partial charge in [-0.1, -0.05) is 6.42 Å². The lowest BCUT2D eigenvalue weighted by Crippen LogP contribution is -2.37. The van der Waals surface area contributed by atoms with E-state index in [1.165, 1.54) is 58.2 Å². The summed E-state index contributed by atoms with van der Waals surface area (Å²) in [6, 6.07) is 3.76. The summed E-state index contributed by atoms with van der Waals surface area (Å²) in [7, 11) is 0. The fraction of sp³-hybridized carbons (Fsp3) is 0.750. The van der Waals surface area contributed by atoms with E-state index < -0.39 is 0 Å². The highest BCUT2D eigenvalue weighted by atomic mass is 32.1. The van der Waals surface area contributed by atoms with Gasteiger partial charge in [0, 0.05) is 23.5 Å². The molecule has 1 fully saturated rings. The second kappa shape index (κ2) is 6.38. The number of nitrogens with one attached hydrogen (secondary N) is 1. The number of rotatable bonds is 4. The van der Waals surface area contributed by atoms with E-state index >= 15 is 0 Å². The molecule has 2 unspecified atom stereocenters. The maximum absolute atomic E-state index is 3.66. The van der Waals surface area contributed by atoms with E-state index in [9.17, 15) is 0 Å². The molecule has 1 saturated heterocycles. The molecule has 2 aliphatic heterocycles. The van der Waals surface area contributed by atoms with Crippen molar-refractivity contribution in [2.45, 2.75) is 57.5 Å². The van der Waals surface area contributed by atoms with Gasteiger partial charge in [0.25, 0.3) is 0 Å². The molecule has 19 heavy (non-hydrogen) atoms. The first-order valence-electron chi connectivity index (χ1n) is 7.88. The van der Waals surface area contributed by atoms with Crippen LogP contribution in [0.5, 0.6) is 0 Å². The van der Waals surface area contributed by atoms with Crippen molar-refractivity contribution in [3.63, 3.8) is 0 Å². The normalized spacial score (nSPS) is 28.3. The Bertz CT molecular complexity index is 395. The van der Waals surface area contributed by atoms with Crippen molar-refractivity contribution in [1.82, 2.24) is 10.2 Å². The standard InChI is InChI=1S/C16H26N2S/c1-13-15-8-12-19-16(15)7-11-18(13)10-4-6-14-5-2-3-9-17-14/h8,12-14,17H,2-7,9-11H2,1H3. The van der Waals surface area contributed by atoms with Crippen LogP contribution in [0.4, 0.5) is 0 Å². The largest absolute Gasteiger partial charge is 0.314 e. The molecule has 3 heterocycles. The fourth-order valence-electron chi connectivity index (χ4n) is 3.58. The zero-order chi connectivity index (χ0) is 13.1. The number of fused-ring (bicyclic) bond motifs is 1. The minimum Gasteiger partial charge on any atom is -0.314 e. The highest BCUT2D eigenvalue weighted by molar-refractivity contribution is 7.10. The van der Waals surface area contributed by atoms with Crippen molar-refractivity contribution < 1.29 is 0 Å². The van der Waals surface area contributed by atoms with Crippen LogP contribution in [0.2, 0.25) is 0 Å². The Hall–Kier alpha value is -0.380. The molecule has 3 rings (SSSR count). The van der Waals surface area contributed by atoms with Crippen LogP contribution in [-0.4, -0.2) is 30.6 Å². The van der Waals surface area contributed by atoms with Gasteiger partial charge in [0.15, 0.2) is 0 Å². The van der Waals surface area contributed by atoms with Crippen molar-refractivity contribution in [2.24, 2.45) is 0 Å². The van der Waals surface area contributed by atoms with Crippen LogP contribution >= 0.6 is 11.3 Å². The molecular formula is C16H26N2S. The number of hydrogen-bond donors (Lipinski definition) is 1. The molecule has 1 aromatic rings. The van der Waals surface area contributed by atoms with Crippen LogP contribution in [0.15, 0.2) is 11.4 Å². The van der Waals surface area contributed by atoms with Gasteiger partial charge >= 0.3 is 0 Å². The molecule has 2 nitrogen and oxygen atoms in total. The first-order chi connectivity index (χ1) is 9.34. The molecule has 0 aliphatic carbocycles. The molecule has 0 spiro atoms. The van der Waals surface area contributed by atoms with Crippen molar-refractivity contribution >= 4 is 11.3 Å². The first-order valence-corrected chi connectivity index (χ1v) is 8.76. The Morgan fingerprint density at radius 1 is 1.42 bits per heavy atom. The smallest absolute Gasteiger partial charge is 0.0331 e. The summed E-state index contributed by atoms with van der Waals surface area (Å²) >= 11 is 1.94. The van der Waals surface area contributed by atoms with Crippen LogP contribution in [0.1, 0.15) is 55.5 Å². The van der Waals surface area contributed by atoms with Gasteiger partial charge in [0.05, 0.1) is 0 Å². The van der Waals surface area contributed by atoms with Crippen LogP contribution in [0, 0.1) is 0 Å². The van der Waals surface area contributed by atoms with E-state index in [2.05, 4.69) is 28.6 Å². The van der Waals surface area contributed by atoms with Crippen LogP contribution < -0.4 is 5.32 Å². The number of nitrogens with zero attached hydrogens (tertiary/aromatic N) is 1. The van der Waals surface area contributed by atoms with E-state index in [0.717, 1.165) is 6.04 Å². The van der Waals surface area contributed by atoms with Gasteiger partial charge in [-0.05, 0) is 69.1 Å². The van der Waals surface area contributed by atoms with Gasteiger partial charge in [0.1, 0.15) is 0 Å². The van der Waals surface area contributed by atoms with Gasteiger partial charge < -0.3 is 5.32 Å². The Kier molecular flexibility index (Phi) is 4.57. The van der Waals surface area contributed by atoms with Crippen molar-refractivity contribution in [3.05, 3.63) is 21.9 Å². The minimum atomic E-state index is 0.634. The third kappa shape index (κ3) is 3.21. The molecule has 0 bridgehead atoms. The Labute approximate surface area is 121 Å². The Morgan fingerprint density at radius 2 is 2.37 bits per heavy atom. The topological polar surface area (TPSA) is 15.3 Å². The highest BCUT2D eigenvalue weighted by Crippen LogP contribution is 2.32. The van der Waals surface area contributed by atoms with Gasteiger partial charge in [-0.25, -0.2) is 0 Å². The van der Waals surface area contributed by atoms with E-state index in [0.29, 0.717) is 6.04 Å². The molecule has 0 saturated carbocycles. The predicted octanol–water partition coefficient (Wildman–Crippen LogP) is 3.59. The summed E-state index contributed by atoms with van der Waals surface area (Å²) in [5.74, 6) is 0. The maximum atomic E-state index is 3.66. The summed E-state index contributed by atoms with van der Waals surface area (Å²) < 4.78 is 0. The molecule has 2 aliphatic rings. The van der Waals surface area contributed by atoms with Crippen molar-refractivity contribution in [3.8, 4) is 0 Å². The average Bonchev–Trinajstić information content (AvgIpc) is 2.92. The van der Waals surface area contributed by atoms with Crippen LogP contribution in [0.25, 0.3) is 0 Å². The summed E-state index contributed by atoms with van der Waals surface area (Å²) in [5, 5.41) is 5.92. The molecule has 2 atom stereocenters. The SMILES string of the molecule is CC1c2ccsc2CCN1CCCC1CCCCN1. The second-order valence-electron chi connectivity index (χ2n) is 6.05. The van der Waals surface area contributed by atoms with E-state index in [1.54, 1.807) is 10.4 Å². The van der Waals surface area contributed by atoms with Gasteiger partial charge in [-0.15, -0.1) is 11.3 Å². The molecule has 0 radical (unpaired) electrons. The number of thiophene rings is 1. The van der Waals surface area contributed by atoms with Crippen LogP contribution in [-0.2, 0) is 6.42 Å². The lowest BCUT2D eigenvalue weighted by atomic mass is 9.98. The summed E-state index contributed by atoms with van der Waals surface area (Å²) in [5.41, 5.74) is 1.59. The molecule has 106 valence electrons. The van der Waals surface area contributed by atoms with Gasteiger partial charge in [-0.2, -0.15) is 0 Å². The first kappa shape index (κ1) is 13.6. The molecular weight excluding hydrogens is 252 g/mol. The highest BCUT2D eigenvalue weighted by Gasteiger charge is 2.24. The maximum Gasteiger partial charge on any atom is 0.0331 e. The Morgan fingerprint density at radius 3 is 3.21 bits per heavy atom. The summed E-state index contributed by atoms with van der Waals surface area (Å²) in [6.07, 6.45) is 8.17. The third-order valence-electron chi connectivity index (χ3n) is 4.81. The lowest BCUT2D eigenvalue weighted by Gasteiger charge is -2.34. The zero-order valence-electron chi connectivity index (χ0n) is 12.0. The predicted molar refractivity (Wildman–Crippen MR) is 82.9 cm³/mol. The minimum absolute atomic E-state index is 0.634. The van der Waals surface area contributed by atoms with Gasteiger partial charge in [0.2, 0.25) is 0 Å². The Balaban J connectivity index is 1.46. The molecule has 1 aromatic heterocycles. The van der Waals surface area contributed by atoms with Gasteiger partial charge in [-0.3, -0.25) is 4.90 Å². The monoisotopic (exact) mass is 278 g/mol. The number of piperidine rings is 1. The molecule has 0 amide bonds. The summed E-state index contributed by atoms with van der Waals surface area (Å²) in [4.78, 5) is 4.30. The second-order valence-corrected chi connectivity index (χ2v) is 7.05. The van der Waals surface area contributed by atoms with Crippen LogP contribution in [0.3, 0.4) is 0 Å². The lowest BCUT2D eigenvalue weighted by molar-refractivity contribution is 0.192. The molecule has 1 N–H and O–H groups in total. The third-order valence-corrected chi connectivity index (χ3v) is 5.81. The average molecular weight is 278 g/mol. The van der Waals surface area contributed by atoms with Crippen molar-refractivity contribution in [2.75, 3.05) is 19.6 Å². The van der Waals surface area contributed by atoms with E-state index in [-0.39, 0.29) is 0 Å². The molecule has 3 heteroatoms. The van der Waals surface area contributed by atoms with E-state index in [1.807, 2.05) is 11.3 Å². The summed E-state index contributed by atoms with van der Waals surface area (Å²) in [6.45, 7) is 6.15. The van der Waals surface area contributed by atoms with E-state index in [4.69, 9.17) is 0 Å².